The van der Waals surface area contributed by atoms with Crippen LogP contribution in [0.5, 0.6) is 0 Å². The zero-order valence-corrected chi connectivity index (χ0v) is 20.7. The molecule has 0 saturated carbocycles. The molecule has 4 aromatic rings. The van der Waals surface area contributed by atoms with Gasteiger partial charge in [0.1, 0.15) is 11.5 Å². The van der Waals surface area contributed by atoms with Crippen LogP contribution in [-0.2, 0) is 6.54 Å². The quantitative estimate of drug-likeness (QED) is 0.354. The molecule has 10 heteroatoms. The average molecular weight is 492 g/mol. The van der Waals surface area contributed by atoms with Crippen LogP contribution in [0.15, 0.2) is 59.7 Å². The van der Waals surface area contributed by atoms with E-state index in [0.717, 1.165) is 24.0 Å². The van der Waals surface area contributed by atoms with Crippen molar-refractivity contribution in [2.45, 2.75) is 20.4 Å². The number of pyridine rings is 1. The van der Waals surface area contributed by atoms with E-state index in [1.54, 1.807) is 35.0 Å². The van der Waals surface area contributed by atoms with E-state index in [1.807, 2.05) is 20.2 Å². The van der Waals surface area contributed by atoms with Crippen LogP contribution in [0.3, 0.4) is 0 Å². The van der Waals surface area contributed by atoms with Gasteiger partial charge in [0.25, 0.3) is 11.5 Å². The second kappa shape index (κ2) is 11.1. The molecule has 3 heterocycles. The van der Waals surface area contributed by atoms with Gasteiger partial charge in [0.15, 0.2) is 5.82 Å². The minimum absolute atomic E-state index is 0.237. The number of anilines is 1. The van der Waals surface area contributed by atoms with Crippen LogP contribution < -0.4 is 16.2 Å². The molecule has 0 saturated heterocycles. The molecule has 0 atom stereocenters. The predicted molar refractivity (Wildman–Crippen MR) is 138 cm³/mol. The van der Waals surface area contributed by atoms with Gasteiger partial charge in [-0.1, -0.05) is 6.92 Å². The molecule has 188 valence electrons. The lowest BCUT2D eigenvalue weighted by molar-refractivity contribution is 0.0945. The molecule has 4 rings (SSSR count). The molecule has 36 heavy (non-hydrogen) atoms. The van der Waals surface area contributed by atoms with Crippen LogP contribution in [-0.4, -0.2) is 63.4 Å². The number of likely N-dealkylation sites (N-methyl/N-ethyl adjacent to an activating group) is 1. The van der Waals surface area contributed by atoms with E-state index < -0.39 is 0 Å². The van der Waals surface area contributed by atoms with Gasteiger partial charge in [-0.25, -0.2) is 9.07 Å². The summed E-state index contributed by atoms with van der Waals surface area (Å²) < 4.78 is 17.0. The molecule has 0 aliphatic heterocycles. The van der Waals surface area contributed by atoms with E-state index in [2.05, 4.69) is 32.5 Å². The van der Waals surface area contributed by atoms with Gasteiger partial charge in [-0.2, -0.15) is 5.10 Å². The Bertz CT molecular complexity index is 1430. The van der Waals surface area contributed by atoms with Gasteiger partial charge in [-0.05, 0) is 62.5 Å². The fraction of sp³-hybridized carbons (Fsp3) is 0.308. The summed E-state index contributed by atoms with van der Waals surface area (Å²) in [6, 6.07) is 11.1. The normalized spacial score (nSPS) is 11.2. The molecule has 1 amide bonds. The van der Waals surface area contributed by atoms with E-state index in [0.29, 0.717) is 42.4 Å². The highest BCUT2D eigenvalue weighted by molar-refractivity contribution is 5.93. The number of halogens is 1. The first kappa shape index (κ1) is 25.1. The smallest absolute Gasteiger partial charge is 0.269 e. The van der Waals surface area contributed by atoms with Crippen LogP contribution in [0.25, 0.3) is 16.7 Å². The Morgan fingerprint density at radius 2 is 1.97 bits per heavy atom. The van der Waals surface area contributed by atoms with Gasteiger partial charge in [-0.3, -0.25) is 19.1 Å². The standard InChI is InChI=1S/C26H30FN7O2/c1-4-32(3)13-11-30-26(36)22-16-20(9-10-29-22)28-12-14-34-25(35)8-7-24(31-34)33-17-18(2)21-6-5-19(27)15-23(21)33/h5-10,15-17H,4,11-14H2,1-3H3,(H,28,29)(H,30,36). The Labute approximate surface area is 208 Å². The molecular weight excluding hydrogens is 461 g/mol. The van der Waals surface area contributed by atoms with Crippen molar-refractivity contribution < 1.29 is 9.18 Å². The monoisotopic (exact) mass is 491 g/mol. The number of fused-ring (bicyclic) bond motifs is 1. The number of carbonyl (C=O) groups is 1. The number of nitrogens with one attached hydrogen (secondary N) is 2. The summed E-state index contributed by atoms with van der Waals surface area (Å²) in [6.45, 7) is 6.92. The number of rotatable bonds is 10. The zero-order valence-electron chi connectivity index (χ0n) is 20.7. The SMILES string of the molecule is CCN(C)CCNC(=O)c1cc(NCCn2nc(-n3cc(C)c4ccc(F)cc43)ccc2=O)ccn1. The van der Waals surface area contributed by atoms with Crippen molar-refractivity contribution in [1.82, 2.24) is 29.5 Å². The van der Waals surface area contributed by atoms with Crippen LogP contribution in [0, 0.1) is 12.7 Å². The lowest BCUT2D eigenvalue weighted by Crippen LogP contribution is -2.33. The molecule has 0 unspecified atom stereocenters. The second-order valence-corrected chi connectivity index (χ2v) is 8.60. The number of aryl methyl sites for hydroxylation is 1. The fourth-order valence-electron chi connectivity index (χ4n) is 3.87. The van der Waals surface area contributed by atoms with E-state index >= 15 is 0 Å². The Morgan fingerprint density at radius 3 is 2.78 bits per heavy atom. The van der Waals surface area contributed by atoms with E-state index in [-0.39, 0.29) is 17.3 Å². The van der Waals surface area contributed by atoms with E-state index in [1.165, 1.54) is 22.9 Å². The highest BCUT2D eigenvalue weighted by Crippen LogP contribution is 2.24. The molecular formula is C26H30FN7O2. The number of benzene rings is 1. The second-order valence-electron chi connectivity index (χ2n) is 8.60. The lowest BCUT2D eigenvalue weighted by atomic mass is 10.2. The summed E-state index contributed by atoms with van der Waals surface area (Å²) >= 11 is 0. The summed E-state index contributed by atoms with van der Waals surface area (Å²) in [5, 5.41) is 11.5. The molecule has 1 aromatic carbocycles. The third-order valence-corrected chi connectivity index (χ3v) is 6.03. The molecule has 0 spiro atoms. The first-order valence-electron chi connectivity index (χ1n) is 11.9. The summed E-state index contributed by atoms with van der Waals surface area (Å²) in [6.07, 6.45) is 3.45. The summed E-state index contributed by atoms with van der Waals surface area (Å²) in [7, 11) is 1.99. The average Bonchev–Trinajstić information content (AvgIpc) is 3.20. The summed E-state index contributed by atoms with van der Waals surface area (Å²) in [5.74, 6) is -0.0487. The zero-order chi connectivity index (χ0) is 25.7. The molecule has 0 radical (unpaired) electrons. The minimum Gasteiger partial charge on any atom is -0.383 e. The lowest BCUT2D eigenvalue weighted by Gasteiger charge is -2.14. The number of amides is 1. The van der Waals surface area contributed by atoms with Crippen molar-refractivity contribution in [1.29, 1.82) is 0 Å². The van der Waals surface area contributed by atoms with Gasteiger partial charge in [0.05, 0.1) is 12.1 Å². The summed E-state index contributed by atoms with van der Waals surface area (Å²) in [4.78, 5) is 31.1. The maximum absolute atomic E-state index is 13.9. The van der Waals surface area contributed by atoms with Gasteiger partial charge in [0, 0.05) is 49.2 Å². The highest BCUT2D eigenvalue weighted by atomic mass is 19.1. The van der Waals surface area contributed by atoms with Gasteiger partial charge in [-0.15, -0.1) is 0 Å². The number of hydrogen-bond acceptors (Lipinski definition) is 6. The molecule has 3 aromatic heterocycles. The number of aromatic nitrogens is 4. The maximum atomic E-state index is 13.9. The van der Waals surface area contributed by atoms with Crippen LogP contribution >= 0.6 is 0 Å². The van der Waals surface area contributed by atoms with Crippen molar-refractivity contribution >= 4 is 22.5 Å². The molecule has 0 aliphatic rings. The third-order valence-electron chi connectivity index (χ3n) is 6.03. The fourth-order valence-corrected chi connectivity index (χ4v) is 3.87. The first-order chi connectivity index (χ1) is 17.4. The molecule has 2 N–H and O–H groups in total. The van der Waals surface area contributed by atoms with E-state index in [9.17, 15) is 14.0 Å². The summed E-state index contributed by atoms with van der Waals surface area (Å²) in [5.41, 5.74) is 2.46. The van der Waals surface area contributed by atoms with E-state index in [4.69, 9.17) is 0 Å². The van der Waals surface area contributed by atoms with Crippen molar-refractivity contribution in [2.75, 3.05) is 38.5 Å². The van der Waals surface area contributed by atoms with Crippen molar-refractivity contribution in [3.8, 4) is 5.82 Å². The van der Waals surface area contributed by atoms with Crippen LogP contribution in [0.4, 0.5) is 10.1 Å². The Balaban J connectivity index is 1.42. The van der Waals surface area contributed by atoms with Gasteiger partial charge in [0.2, 0.25) is 0 Å². The highest BCUT2D eigenvalue weighted by Gasteiger charge is 2.11. The van der Waals surface area contributed by atoms with Crippen molar-refractivity contribution in [2.24, 2.45) is 0 Å². The maximum Gasteiger partial charge on any atom is 0.269 e. The van der Waals surface area contributed by atoms with Gasteiger partial charge >= 0.3 is 0 Å². The minimum atomic E-state index is -0.335. The van der Waals surface area contributed by atoms with Gasteiger partial charge < -0.3 is 15.5 Å². The first-order valence-corrected chi connectivity index (χ1v) is 11.9. The van der Waals surface area contributed by atoms with Crippen LogP contribution in [0.2, 0.25) is 0 Å². The van der Waals surface area contributed by atoms with Crippen molar-refractivity contribution in [3.05, 3.63) is 82.3 Å². The number of hydrogen-bond donors (Lipinski definition) is 2. The molecule has 0 fully saturated rings. The Kier molecular flexibility index (Phi) is 7.74. The Morgan fingerprint density at radius 1 is 1.14 bits per heavy atom. The van der Waals surface area contributed by atoms with Crippen molar-refractivity contribution in [3.63, 3.8) is 0 Å². The molecule has 0 aliphatic carbocycles. The predicted octanol–water partition coefficient (Wildman–Crippen LogP) is 2.82. The van der Waals surface area contributed by atoms with Crippen LogP contribution in [0.1, 0.15) is 23.0 Å². The molecule has 9 nitrogen and oxygen atoms in total. The largest absolute Gasteiger partial charge is 0.383 e. The topological polar surface area (TPSA) is 97.1 Å². The number of nitrogens with zero attached hydrogens (tertiary/aromatic N) is 5. The molecule has 0 bridgehead atoms. The Hall–Kier alpha value is -4.05. The third kappa shape index (κ3) is 5.77. The number of carbonyl (C=O) groups excluding carboxylic acids is 1.